The van der Waals surface area contributed by atoms with Crippen LogP contribution in [0.15, 0.2) is 66.0 Å². The molecule has 0 N–H and O–H groups in total. The van der Waals surface area contributed by atoms with Gasteiger partial charge in [0.1, 0.15) is 11.3 Å². The molecule has 0 unspecified atom stereocenters. The highest BCUT2D eigenvalue weighted by Gasteiger charge is 2.25. The van der Waals surface area contributed by atoms with E-state index in [9.17, 15) is 9.18 Å². The molecule has 0 saturated carbocycles. The second kappa shape index (κ2) is 11.4. The number of carbonyl (C=O) groups is 1. The van der Waals surface area contributed by atoms with Gasteiger partial charge in [-0.2, -0.15) is 0 Å². The van der Waals surface area contributed by atoms with E-state index in [0.717, 1.165) is 39.3 Å². The number of para-hydroxylation sites is 2. The fourth-order valence-corrected chi connectivity index (χ4v) is 5.82. The van der Waals surface area contributed by atoms with Gasteiger partial charge in [-0.1, -0.05) is 55.5 Å². The number of rotatable bonds is 8. The third-order valence-corrected chi connectivity index (χ3v) is 8.02. The molecule has 2 aromatic carbocycles. The predicted octanol–water partition coefficient (Wildman–Crippen LogP) is 7.12. The fourth-order valence-electron chi connectivity index (χ4n) is 4.13. The number of hydrogen-bond acceptors (Lipinski definition) is 6. The van der Waals surface area contributed by atoms with Gasteiger partial charge in [-0.3, -0.25) is 9.69 Å². The van der Waals surface area contributed by atoms with Crippen molar-refractivity contribution in [2.75, 3.05) is 31.1 Å². The Morgan fingerprint density at radius 1 is 0.972 bits per heavy atom. The number of thiophene rings is 1. The first-order chi connectivity index (χ1) is 17.1. The second-order valence-corrected chi connectivity index (χ2v) is 10.1. The summed E-state index contributed by atoms with van der Waals surface area (Å²) < 4.78 is 15.2. The van der Waals surface area contributed by atoms with Gasteiger partial charge in [0.15, 0.2) is 5.13 Å². The zero-order valence-electron chi connectivity index (χ0n) is 20.0. The molecule has 186 valence electrons. The molecular weight excluding hydrogens is 515 g/mol. The zero-order chi connectivity index (χ0) is 24.4. The van der Waals surface area contributed by atoms with Gasteiger partial charge in [0.2, 0.25) is 0 Å². The van der Waals surface area contributed by atoms with Gasteiger partial charge in [-0.05, 0) is 48.8 Å². The van der Waals surface area contributed by atoms with Crippen LogP contribution in [0.2, 0.25) is 0 Å². The van der Waals surface area contributed by atoms with Crippen molar-refractivity contribution in [3.8, 4) is 10.6 Å². The van der Waals surface area contributed by atoms with E-state index in [1.807, 2.05) is 53.9 Å². The maximum absolute atomic E-state index is 14.5. The number of anilines is 1. The minimum atomic E-state index is -0.379. The topological polar surface area (TPSA) is 49.3 Å². The molecule has 5 nitrogen and oxygen atoms in total. The number of carbonyl (C=O) groups excluding carboxylic acids is 1. The Morgan fingerprint density at radius 3 is 2.50 bits per heavy atom. The van der Waals surface area contributed by atoms with Crippen LogP contribution in [-0.4, -0.2) is 47.0 Å². The lowest BCUT2D eigenvalue weighted by molar-refractivity contribution is 0.0985. The lowest BCUT2D eigenvalue weighted by Crippen LogP contribution is -2.39. The van der Waals surface area contributed by atoms with Crippen LogP contribution in [0.25, 0.3) is 31.7 Å². The number of benzene rings is 2. The Morgan fingerprint density at radius 2 is 1.78 bits per heavy atom. The van der Waals surface area contributed by atoms with Crippen LogP contribution >= 0.6 is 35.1 Å². The summed E-state index contributed by atoms with van der Waals surface area (Å²) in [4.78, 5) is 28.5. The number of aromatic nitrogens is 2. The number of nitrogens with zero attached hydrogens (tertiary/aromatic N) is 4. The normalized spacial score (nSPS) is 11.2. The summed E-state index contributed by atoms with van der Waals surface area (Å²) >= 11 is 2.93. The SMILES string of the molecule is CCN(CC)CCN(C(=O)c1cc(-c2cccs2)nc2ccccc12)c1nc2c(F)cccc2s1.Cl. The molecule has 0 saturated heterocycles. The van der Waals surface area contributed by atoms with Crippen LogP contribution in [0.5, 0.6) is 0 Å². The molecule has 3 aromatic heterocycles. The van der Waals surface area contributed by atoms with E-state index >= 15 is 0 Å². The fraction of sp³-hybridized carbons (Fsp3) is 0.222. The standard InChI is InChI=1S/C27H25FN4OS2.ClH/c1-3-31(4-2)14-15-32(27-30-25-20(28)10-7-12-24(25)35-27)26(33)19-17-22(23-13-8-16-34-23)29-21-11-6-5-9-18(19)21;/h5-13,16-17H,3-4,14-15H2,1-2H3;1H. The summed E-state index contributed by atoms with van der Waals surface area (Å²) in [6.45, 7) is 7.12. The van der Waals surface area contributed by atoms with Gasteiger partial charge in [-0.25, -0.2) is 14.4 Å². The molecule has 5 rings (SSSR count). The summed E-state index contributed by atoms with van der Waals surface area (Å²) in [6, 6.07) is 18.5. The van der Waals surface area contributed by atoms with E-state index in [1.165, 1.54) is 17.4 Å². The van der Waals surface area contributed by atoms with Gasteiger partial charge in [0, 0.05) is 18.5 Å². The van der Waals surface area contributed by atoms with Crippen molar-refractivity contribution in [2.24, 2.45) is 0 Å². The zero-order valence-corrected chi connectivity index (χ0v) is 22.4. The van der Waals surface area contributed by atoms with Crippen molar-refractivity contribution in [3.05, 3.63) is 77.4 Å². The third kappa shape index (κ3) is 5.13. The van der Waals surface area contributed by atoms with Crippen LogP contribution in [0.1, 0.15) is 24.2 Å². The van der Waals surface area contributed by atoms with E-state index in [4.69, 9.17) is 4.98 Å². The molecule has 0 atom stereocenters. The largest absolute Gasteiger partial charge is 0.302 e. The van der Waals surface area contributed by atoms with E-state index < -0.39 is 0 Å². The number of halogens is 2. The maximum Gasteiger partial charge on any atom is 0.260 e. The van der Waals surface area contributed by atoms with Crippen molar-refractivity contribution < 1.29 is 9.18 Å². The van der Waals surface area contributed by atoms with Crippen molar-refractivity contribution in [1.29, 1.82) is 0 Å². The van der Waals surface area contributed by atoms with E-state index in [2.05, 4.69) is 23.7 Å². The number of amides is 1. The molecule has 0 radical (unpaired) electrons. The van der Waals surface area contributed by atoms with Crippen molar-refractivity contribution in [3.63, 3.8) is 0 Å². The lowest BCUT2D eigenvalue weighted by atomic mass is 10.1. The summed E-state index contributed by atoms with van der Waals surface area (Å²) in [5.74, 6) is -0.538. The minimum Gasteiger partial charge on any atom is -0.302 e. The quantitative estimate of drug-likeness (QED) is 0.210. The first kappa shape index (κ1) is 26.2. The smallest absolute Gasteiger partial charge is 0.260 e. The Hall–Kier alpha value is -2.91. The predicted molar refractivity (Wildman–Crippen MR) is 151 cm³/mol. The molecule has 0 fully saturated rings. The molecule has 3 heterocycles. The van der Waals surface area contributed by atoms with Crippen molar-refractivity contribution in [1.82, 2.24) is 14.9 Å². The Balaban J connectivity index is 0.00000304. The van der Waals surface area contributed by atoms with Gasteiger partial charge in [0.05, 0.1) is 26.4 Å². The van der Waals surface area contributed by atoms with E-state index in [1.54, 1.807) is 22.3 Å². The number of hydrogen-bond donors (Lipinski definition) is 0. The van der Waals surface area contributed by atoms with Crippen LogP contribution in [-0.2, 0) is 0 Å². The molecule has 0 aliphatic rings. The second-order valence-electron chi connectivity index (χ2n) is 8.12. The van der Waals surface area contributed by atoms with E-state index in [0.29, 0.717) is 29.3 Å². The summed E-state index contributed by atoms with van der Waals surface area (Å²) in [7, 11) is 0. The Kier molecular flexibility index (Phi) is 8.31. The first-order valence-corrected chi connectivity index (χ1v) is 13.3. The molecule has 36 heavy (non-hydrogen) atoms. The van der Waals surface area contributed by atoms with Gasteiger partial charge >= 0.3 is 0 Å². The monoisotopic (exact) mass is 540 g/mol. The highest BCUT2D eigenvalue weighted by atomic mass is 35.5. The van der Waals surface area contributed by atoms with E-state index in [-0.39, 0.29) is 24.1 Å². The molecule has 9 heteroatoms. The summed E-state index contributed by atoms with van der Waals surface area (Å²) in [6.07, 6.45) is 0. The van der Waals surface area contributed by atoms with Crippen molar-refractivity contribution >= 4 is 67.2 Å². The number of fused-ring (bicyclic) bond motifs is 2. The Bertz CT molecular complexity index is 1480. The molecular formula is C27H26ClFN4OS2. The van der Waals surface area contributed by atoms with Crippen LogP contribution in [0.3, 0.4) is 0 Å². The third-order valence-electron chi connectivity index (χ3n) is 6.09. The van der Waals surface area contributed by atoms with Gasteiger partial charge < -0.3 is 4.90 Å². The highest BCUT2D eigenvalue weighted by molar-refractivity contribution is 7.22. The van der Waals surface area contributed by atoms with Gasteiger partial charge in [-0.15, -0.1) is 23.7 Å². The summed E-state index contributed by atoms with van der Waals surface area (Å²) in [5.41, 5.74) is 2.40. The maximum atomic E-state index is 14.5. The van der Waals surface area contributed by atoms with Crippen LogP contribution in [0.4, 0.5) is 9.52 Å². The molecule has 0 aliphatic heterocycles. The summed E-state index contributed by atoms with van der Waals surface area (Å²) in [5, 5.41) is 3.29. The molecule has 5 aromatic rings. The molecule has 1 amide bonds. The molecule has 0 bridgehead atoms. The number of likely N-dealkylation sites (N-methyl/N-ethyl adjacent to an activating group) is 1. The first-order valence-electron chi connectivity index (χ1n) is 11.6. The average Bonchev–Trinajstić information content (AvgIpc) is 3.57. The van der Waals surface area contributed by atoms with Crippen LogP contribution < -0.4 is 4.90 Å². The highest BCUT2D eigenvalue weighted by Crippen LogP contribution is 2.33. The van der Waals surface area contributed by atoms with Crippen molar-refractivity contribution in [2.45, 2.75) is 13.8 Å². The minimum absolute atomic E-state index is 0. The number of thiazole rings is 1. The van der Waals surface area contributed by atoms with Crippen LogP contribution in [0, 0.1) is 5.82 Å². The number of pyridine rings is 1. The molecule has 0 aliphatic carbocycles. The van der Waals surface area contributed by atoms with Gasteiger partial charge in [0.25, 0.3) is 5.91 Å². The molecule has 0 spiro atoms. The Labute approximate surface area is 223 Å². The lowest BCUT2D eigenvalue weighted by Gasteiger charge is -2.25. The average molecular weight is 541 g/mol.